The standard InChI is InChI=1S/C50H98O2/c1-4-6-7-8-9-10-31-35-38-41-44-47-50(51)52-48-45-42-39-36-33-30-28-26-24-22-20-18-16-14-12-11-13-15-17-19-21-23-25-27-29-32-34-37-40-43-46-49(3)5-2/h8-9,49H,4-7,10-48H2,1-3H3/b9-8-. The second-order valence-electron chi connectivity index (χ2n) is 17.0. The highest BCUT2D eigenvalue weighted by atomic mass is 16.5. The zero-order valence-electron chi connectivity index (χ0n) is 36.5. The van der Waals surface area contributed by atoms with Crippen molar-refractivity contribution in [2.45, 2.75) is 290 Å². The lowest BCUT2D eigenvalue weighted by atomic mass is 9.99. The van der Waals surface area contributed by atoms with E-state index in [-0.39, 0.29) is 5.97 Å². The fourth-order valence-electron chi connectivity index (χ4n) is 7.63. The van der Waals surface area contributed by atoms with Crippen LogP contribution in [0.15, 0.2) is 12.2 Å². The van der Waals surface area contributed by atoms with E-state index in [0.717, 1.165) is 25.2 Å². The summed E-state index contributed by atoms with van der Waals surface area (Å²) in [4.78, 5) is 11.9. The number of carbonyl (C=O) groups is 1. The monoisotopic (exact) mass is 731 g/mol. The summed E-state index contributed by atoms with van der Waals surface area (Å²) >= 11 is 0. The van der Waals surface area contributed by atoms with Crippen LogP contribution in [0.2, 0.25) is 0 Å². The minimum absolute atomic E-state index is 0.0182. The first-order valence-corrected chi connectivity index (χ1v) is 24.5. The molecule has 0 heterocycles. The summed E-state index contributed by atoms with van der Waals surface area (Å²) in [5.74, 6) is 0.958. The summed E-state index contributed by atoms with van der Waals surface area (Å²) in [5, 5.41) is 0. The molecule has 0 saturated carbocycles. The Hall–Kier alpha value is -0.790. The van der Waals surface area contributed by atoms with Crippen molar-refractivity contribution in [1.29, 1.82) is 0 Å². The lowest BCUT2D eigenvalue weighted by Gasteiger charge is -2.07. The largest absolute Gasteiger partial charge is 0.466 e. The lowest BCUT2D eigenvalue weighted by molar-refractivity contribution is -0.143. The van der Waals surface area contributed by atoms with Gasteiger partial charge in [-0.25, -0.2) is 0 Å². The minimum atomic E-state index is 0.0182. The van der Waals surface area contributed by atoms with Gasteiger partial charge in [0, 0.05) is 6.42 Å². The summed E-state index contributed by atoms with van der Waals surface area (Å²) in [7, 11) is 0. The van der Waals surface area contributed by atoms with E-state index >= 15 is 0 Å². The molecule has 310 valence electrons. The normalized spacial score (nSPS) is 12.3. The maximum Gasteiger partial charge on any atom is 0.305 e. The number of esters is 1. The smallest absolute Gasteiger partial charge is 0.305 e. The molecule has 0 aromatic heterocycles. The molecule has 0 rings (SSSR count). The Bertz CT molecular complexity index is 684. The summed E-state index contributed by atoms with van der Waals surface area (Å²) in [6.45, 7) is 7.60. The number of ether oxygens (including phenoxy) is 1. The molecule has 2 nitrogen and oxygen atoms in total. The molecule has 0 N–H and O–H groups in total. The van der Waals surface area contributed by atoms with Gasteiger partial charge >= 0.3 is 5.97 Å². The first-order valence-electron chi connectivity index (χ1n) is 24.5. The van der Waals surface area contributed by atoms with Crippen molar-refractivity contribution in [3.05, 3.63) is 12.2 Å². The van der Waals surface area contributed by atoms with Crippen molar-refractivity contribution in [2.24, 2.45) is 5.92 Å². The number of carbonyl (C=O) groups excluding carboxylic acids is 1. The molecule has 0 radical (unpaired) electrons. The molecule has 0 aliphatic rings. The molecule has 0 aliphatic carbocycles. The van der Waals surface area contributed by atoms with Crippen LogP contribution in [0.25, 0.3) is 0 Å². The molecule has 0 spiro atoms. The van der Waals surface area contributed by atoms with Crippen LogP contribution in [-0.4, -0.2) is 12.6 Å². The first kappa shape index (κ1) is 51.2. The van der Waals surface area contributed by atoms with E-state index in [2.05, 4.69) is 32.9 Å². The number of hydrogen-bond acceptors (Lipinski definition) is 2. The van der Waals surface area contributed by atoms with E-state index in [1.807, 2.05) is 0 Å². The van der Waals surface area contributed by atoms with Crippen LogP contribution < -0.4 is 0 Å². The van der Waals surface area contributed by atoms with Gasteiger partial charge in [-0.15, -0.1) is 0 Å². The van der Waals surface area contributed by atoms with Crippen LogP contribution in [-0.2, 0) is 9.53 Å². The Kier molecular flexibility index (Phi) is 45.7. The zero-order valence-corrected chi connectivity index (χ0v) is 36.5. The first-order chi connectivity index (χ1) is 25.7. The molecule has 1 unspecified atom stereocenters. The minimum Gasteiger partial charge on any atom is -0.466 e. The number of hydrogen-bond donors (Lipinski definition) is 0. The Morgan fingerprint density at radius 2 is 0.712 bits per heavy atom. The summed E-state index contributed by atoms with van der Waals surface area (Å²) in [5.41, 5.74) is 0. The lowest BCUT2D eigenvalue weighted by Crippen LogP contribution is -2.05. The van der Waals surface area contributed by atoms with E-state index in [1.54, 1.807) is 0 Å². The Balaban J connectivity index is 3.13. The van der Waals surface area contributed by atoms with Crippen molar-refractivity contribution >= 4 is 5.97 Å². The number of unbranched alkanes of at least 4 members (excludes halogenated alkanes) is 36. The molecule has 1 atom stereocenters. The predicted octanol–water partition coefficient (Wildman–Crippen LogP) is 18.1. The van der Waals surface area contributed by atoms with Crippen molar-refractivity contribution in [2.75, 3.05) is 6.61 Å². The molecular weight excluding hydrogens is 633 g/mol. The van der Waals surface area contributed by atoms with Crippen molar-refractivity contribution in [1.82, 2.24) is 0 Å². The van der Waals surface area contributed by atoms with Gasteiger partial charge in [0.1, 0.15) is 0 Å². The summed E-state index contributed by atoms with van der Waals surface area (Å²) in [6.07, 6.45) is 62.0. The third-order valence-electron chi connectivity index (χ3n) is 11.7. The second-order valence-corrected chi connectivity index (χ2v) is 17.0. The SMILES string of the molecule is CCCC/C=C\CCCCCCCC(=O)OCCCCCCCCCCCCCCCCCCCCCCCCCCCCCCCCC(C)CC. The third kappa shape index (κ3) is 45.4. The number of rotatable bonds is 45. The topological polar surface area (TPSA) is 26.3 Å². The van der Waals surface area contributed by atoms with Gasteiger partial charge in [0.2, 0.25) is 0 Å². The Morgan fingerprint density at radius 3 is 1.08 bits per heavy atom. The average Bonchev–Trinajstić information content (AvgIpc) is 3.15. The third-order valence-corrected chi connectivity index (χ3v) is 11.7. The zero-order chi connectivity index (χ0) is 37.7. The summed E-state index contributed by atoms with van der Waals surface area (Å²) < 4.78 is 5.46. The predicted molar refractivity (Wildman–Crippen MR) is 235 cm³/mol. The maximum atomic E-state index is 11.9. The Morgan fingerprint density at radius 1 is 0.404 bits per heavy atom. The Labute approximate surface area is 329 Å². The molecule has 2 heteroatoms. The van der Waals surface area contributed by atoms with Gasteiger partial charge in [0.25, 0.3) is 0 Å². The number of allylic oxidation sites excluding steroid dienone is 2. The van der Waals surface area contributed by atoms with Crippen LogP contribution in [0.3, 0.4) is 0 Å². The molecule has 0 saturated heterocycles. The quantitative estimate of drug-likeness (QED) is 0.0354. The van der Waals surface area contributed by atoms with Gasteiger partial charge in [-0.3, -0.25) is 4.79 Å². The van der Waals surface area contributed by atoms with Crippen LogP contribution in [0.5, 0.6) is 0 Å². The molecule has 0 bridgehead atoms. The van der Waals surface area contributed by atoms with E-state index < -0.39 is 0 Å². The van der Waals surface area contributed by atoms with Gasteiger partial charge in [-0.2, -0.15) is 0 Å². The molecule has 0 fully saturated rings. The summed E-state index contributed by atoms with van der Waals surface area (Å²) in [6, 6.07) is 0. The van der Waals surface area contributed by atoms with Gasteiger partial charge in [-0.05, 0) is 38.0 Å². The van der Waals surface area contributed by atoms with Crippen molar-refractivity contribution in [3.63, 3.8) is 0 Å². The van der Waals surface area contributed by atoms with Crippen LogP contribution in [0.1, 0.15) is 290 Å². The maximum absolute atomic E-state index is 11.9. The van der Waals surface area contributed by atoms with Gasteiger partial charge in [-0.1, -0.05) is 264 Å². The van der Waals surface area contributed by atoms with E-state index in [4.69, 9.17) is 4.74 Å². The van der Waals surface area contributed by atoms with Gasteiger partial charge in [0.15, 0.2) is 0 Å². The molecular formula is C50H98O2. The highest BCUT2D eigenvalue weighted by Gasteiger charge is 2.03. The van der Waals surface area contributed by atoms with Crippen LogP contribution in [0, 0.1) is 5.92 Å². The highest BCUT2D eigenvalue weighted by Crippen LogP contribution is 2.18. The van der Waals surface area contributed by atoms with Gasteiger partial charge < -0.3 is 4.74 Å². The van der Waals surface area contributed by atoms with Crippen LogP contribution >= 0.6 is 0 Å². The average molecular weight is 731 g/mol. The fraction of sp³-hybridized carbons (Fsp3) is 0.940. The molecule has 0 aromatic carbocycles. The van der Waals surface area contributed by atoms with Crippen molar-refractivity contribution in [3.8, 4) is 0 Å². The van der Waals surface area contributed by atoms with E-state index in [1.165, 1.54) is 244 Å². The molecule has 0 aliphatic heterocycles. The van der Waals surface area contributed by atoms with E-state index in [0.29, 0.717) is 13.0 Å². The second kappa shape index (κ2) is 46.4. The van der Waals surface area contributed by atoms with Gasteiger partial charge in [0.05, 0.1) is 6.61 Å². The van der Waals surface area contributed by atoms with Crippen molar-refractivity contribution < 1.29 is 9.53 Å². The fourth-order valence-corrected chi connectivity index (χ4v) is 7.63. The molecule has 0 aromatic rings. The highest BCUT2D eigenvalue weighted by molar-refractivity contribution is 5.69. The van der Waals surface area contributed by atoms with Crippen LogP contribution in [0.4, 0.5) is 0 Å². The van der Waals surface area contributed by atoms with E-state index in [9.17, 15) is 4.79 Å². The molecule has 52 heavy (non-hydrogen) atoms. The molecule has 0 amide bonds.